The number of carbonyl (C=O) groups excluding carboxylic acids is 2. The van der Waals surface area contributed by atoms with E-state index < -0.39 is 5.97 Å². The molecule has 1 fully saturated rings. The first kappa shape index (κ1) is 21.3. The number of nitrogens with one attached hydrogen (secondary N) is 1. The van der Waals surface area contributed by atoms with E-state index in [1.54, 1.807) is 19.2 Å². The number of rotatable bonds is 9. The third-order valence-corrected chi connectivity index (χ3v) is 5.29. The van der Waals surface area contributed by atoms with Gasteiger partial charge in [-0.15, -0.1) is 0 Å². The minimum Gasteiger partial charge on any atom is -0.493 e. The van der Waals surface area contributed by atoms with Crippen molar-refractivity contribution < 1.29 is 23.8 Å². The van der Waals surface area contributed by atoms with E-state index in [-0.39, 0.29) is 24.9 Å². The number of amides is 1. The molecule has 2 rings (SSSR count). The molecule has 1 saturated heterocycles. The molecular formula is C18H24N2O5S2. The summed E-state index contributed by atoms with van der Waals surface area (Å²) in [5.41, 5.74) is 0. The van der Waals surface area contributed by atoms with Gasteiger partial charge in [-0.05, 0) is 25.0 Å². The van der Waals surface area contributed by atoms with Crippen molar-refractivity contribution in [2.45, 2.75) is 12.8 Å². The van der Waals surface area contributed by atoms with Crippen LogP contribution in [0.1, 0.15) is 12.8 Å². The van der Waals surface area contributed by atoms with Gasteiger partial charge >= 0.3 is 5.97 Å². The van der Waals surface area contributed by atoms with Crippen LogP contribution in [0.2, 0.25) is 0 Å². The van der Waals surface area contributed by atoms with Crippen LogP contribution in [0.25, 0.3) is 0 Å². The number of thiocarbonyl (C=S) groups is 1. The molecule has 1 aromatic rings. The molecule has 1 aromatic carbocycles. The molecule has 1 aliphatic rings. The van der Waals surface area contributed by atoms with Crippen molar-refractivity contribution in [2.75, 3.05) is 45.7 Å². The lowest BCUT2D eigenvalue weighted by Gasteiger charge is -2.17. The molecule has 1 heterocycles. The van der Waals surface area contributed by atoms with Gasteiger partial charge in [-0.1, -0.05) is 36.1 Å². The molecular weight excluding hydrogens is 388 g/mol. The van der Waals surface area contributed by atoms with Gasteiger partial charge in [0.05, 0.1) is 19.4 Å². The topological polar surface area (TPSA) is 77.1 Å². The maximum absolute atomic E-state index is 11.7. The van der Waals surface area contributed by atoms with Gasteiger partial charge in [0.1, 0.15) is 10.9 Å². The summed E-state index contributed by atoms with van der Waals surface area (Å²) in [6, 6.07) is 7.26. The predicted molar refractivity (Wildman–Crippen MR) is 108 cm³/mol. The Kier molecular flexibility index (Phi) is 9.20. The highest BCUT2D eigenvalue weighted by Crippen LogP contribution is 2.25. The van der Waals surface area contributed by atoms with Crippen LogP contribution in [0, 0.1) is 0 Å². The Morgan fingerprint density at radius 3 is 2.63 bits per heavy atom. The summed E-state index contributed by atoms with van der Waals surface area (Å²) in [4.78, 5) is 25.5. The summed E-state index contributed by atoms with van der Waals surface area (Å²) in [5, 5.41) is 2.63. The van der Waals surface area contributed by atoms with E-state index in [2.05, 4.69) is 10.2 Å². The van der Waals surface area contributed by atoms with Crippen LogP contribution in [-0.2, 0) is 14.3 Å². The van der Waals surface area contributed by atoms with Gasteiger partial charge in [-0.25, -0.2) is 0 Å². The van der Waals surface area contributed by atoms with Gasteiger partial charge < -0.3 is 24.4 Å². The van der Waals surface area contributed by atoms with Crippen LogP contribution in [0.15, 0.2) is 24.3 Å². The van der Waals surface area contributed by atoms with E-state index in [1.807, 2.05) is 12.1 Å². The number of hydrogen-bond acceptors (Lipinski definition) is 7. The number of ether oxygens (including phenoxy) is 3. The molecule has 9 heteroatoms. The molecule has 0 radical (unpaired) electrons. The zero-order valence-corrected chi connectivity index (χ0v) is 16.9. The number of thioether (sulfide) groups is 1. The third kappa shape index (κ3) is 7.64. The van der Waals surface area contributed by atoms with Crippen LogP contribution < -0.4 is 14.8 Å². The lowest BCUT2D eigenvalue weighted by atomic mass is 10.3. The minimum absolute atomic E-state index is 0.111. The van der Waals surface area contributed by atoms with E-state index >= 15 is 0 Å². The van der Waals surface area contributed by atoms with Crippen molar-refractivity contribution in [2.24, 2.45) is 0 Å². The summed E-state index contributed by atoms with van der Waals surface area (Å²) < 4.78 is 16.4. The van der Waals surface area contributed by atoms with Crippen LogP contribution in [0.4, 0.5) is 0 Å². The van der Waals surface area contributed by atoms with Crippen molar-refractivity contribution in [3.63, 3.8) is 0 Å². The van der Waals surface area contributed by atoms with E-state index in [1.165, 1.54) is 11.8 Å². The standard InChI is InChI=1S/C18H24N2O5S2/c1-23-14-6-2-3-7-15(14)24-11-8-19-16(21)12-25-17(22)13-27-18(26)20-9-4-5-10-20/h2-3,6-7H,4-5,8-13H2,1H3,(H,19,21). The fraction of sp³-hybridized carbons (Fsp3) is 0.500. The molecule has 0 aliphatic carbocycles. The monoisotopic (exact) mass is 412 g/mol. The first-order valence-electron chi connectivity index (χ1n) is 8.70. The number of nitrogens with zero attached hydrogens (tertiary/aromatic N) is 1. The van der Waals surface area contributed by atoms with Crippen molar-refractivity contribution in [3.8, 4) is 11.5 Å². The molecule has 1 aliphatic heterocycles. The number of hydrogen-bond donors (Lipinski definition) is 1. The summed E-state index contributed by atoms with van der Waals surface area (Å²) in [7, 11) is 1.56. The van der Waals surface area contributed by atoms with Crippen LogP contribution >= 0.6 is 24.0 Å². The molecule has 0 unspecified atom stereocenters. The zero-order valence-electron chi connectivity index (χ0n) is 15.3. The number of carbonyl (C=O) groups is 2. The van der Waals surface area contributed by atoms with Gasteiger partial charge in [0.2, 0.25) is 0 Å². The highest BCUT2D eigenvalue weighted by Gasteiger charge is 2.17. The number of methoxy groups -OCH3 is 1. The molecule has 0 atom stereocenters. The normalized spacial score (nSPS) is 13.1. The van der Waals surface area contributed by atoms with Crippen molar-refractivity contribution in [1.29, 1.82) is 0 Å². The van der Waals surface area contributed by atoms with Gasteiger partial charge in [-0.3, -0.25) is 9.59 Å². The van der Waals surface area contributed by atoms with E-state index in [4.69, 9.17) is 26.4 Å². The first-order chi connectivity index (χ1) is 13.1. The fourth-order valence-electron chi connectivity index (χ4n) is 2.44. The Morgan fingerprint density at radius 1 is 1.22 bits per heavy atom. The number of para-hydroxylation sites is 2. The molecule has 0 aromatic heterocycles. The molecule has 148 valence electrons. The van der Waals surface area contributed by atoms with Crippen molar-refractivity contribution in [3.05, 3.63) is 24.3 Å². The van der Waals surface area contributed by atoms with Crippen LogP contribution in [-0.4, -0.2) is 66.8 Å². The Hall–Kier alpha value is -2.00. The average molecular weight is 413 g/mol. The molecule has 1 amide bonds. The molecule has 1 N–H and O–H groups in total. The molecule has 7 nitrogen and oxygen atoms in total. The second-order valence-corrected chi connectivity index (χ2v) is 7.37. The largest absolute Gasteiger partial charge is 0.493 e. The number of benzene rings is 1. The Balaban J connectivity index is 1.55. The third-order valence-electron chi connectivity index (χ3n) is 3.79. The van der Waals surface area contributed by atoms with Gasteiger partial charge in [0.15, 0.2) is 18.1 Å². The second kappa shape index (κ2) is 11.7. The van der Waals surface area contributed by atoms with Gasteiger partial charge in [0, 0.05) is 13.1 Å². The highest BCUT2D eigenvalue weighted by atomic mass is 32.2. The maximum atomic E-state index is 11.7. The van der Waals surface area contributed by atoms with Crippen molar-refractivity contribution >= 4 is 40.2 Å². The van der Waals surface area contributed by atoms with E-state index in [9.17, 15) is 9.59 Å². The van der Waals surface area contributed by atoms with Gasteiger partial charge in [-0.2, -0.15) is 0 Å². The van der Waals surface area contributed by atoms with Crippen LogP contribution in [0.3, 0.4) is 0 Å². The highest BCUT2D eigenvalue weighted by molar-refractivity contribution is 8.23. The van der Waals surface area contributed by atoms with E-state index in [0.29, 0.717) is 22.4 Å². The second-order valence-electron chi connectivity index (χ2n) is 5.76. The maximum Gasteiger partial charge on any atom is 0.316 e. The summed E-state index contributed by atoms with van der Waals surface area (Å²) in [6.07, 6.45) is 2.26. The quantitative estimate of drug-likeness (QED) is 0.374. The summed E-state index contributed by atoms with van der Waals surface area (Å²) >= 11 is 6.55. The molecule has 27 heavy (non-hydrogen) atoms. The predicted octanol–water partition coefficient (Wildman–Crippen LogP) is 1.85. The molecule has 0 spiro atoms. The van der Waals surface area contributed by atoms with E-state index in [0.717, 1.165) is 25.9 Å². The minimum atomic E-state index is -0.457. The number of likely N-dealkylation sites (tertiary alicyclic amines) is 1. The fourth-order valence-corrected chi connectivity index (χ4v) is 3.49. The Bertz CT molecular complexity index is 650. The smallest absolute Gasteiger partial charge is 0.316 e. The van der Waals surface area contributed by atoms with Crippen molar-refractivity contribution in [1.82, 2.24) is 10.2 Å². The Labute approximate surface area is 168 Å². The number of esters is 1. The molecule has 0 bridgehead atoms. The Morgan fingerprint density at radius 2 is 1.93 bits per heavy atom. The first-order valence-corrected chi connectivity index (χ1v) is 10.1. The lowest BCUT2D eigenvalue weighted by molar-refractivity contribution is -0.145. The lowest BCUT2D eigenvalue weighted by Crippen LogP contribution is -2.32. The molecule has 0 saturated carbocycles. The summed E-state index contributed by atoms with van der Waals surface area (Å²) in [6.45, 7) is 2.15. The van der Waals surface area contributed by atoms with Crippen LogP contribution in [0.5, 0.6) is 11.5 Å². The van der Waals surface area contributed by atoms with Gasteiger partial charge in [0.25, 0.3) is 5.91 Å². The SMILES string of the molecule is COc1ccccc1OCCNC(=O)COC(=O)CSC(=S)N1CCCC1. The zero-order chi connectivity index (χ0) is 19.5. The summed E-state index contributed by atoms with van der Waals surface area (Å²) in [5.74, 6) is 0.509. The average Bonchev–Trinajstić information content (AvgIpc) is 3.23.